The fourth-order valence-corrected chi connectivity index (χ4v) is 6.51. The molecular weight excluding hydrogens is 467 g/mol. The Labute approximate surface area is 176 Å². The fraction of sp³-hybridized carbons (Fsp3) is 0.316. The predicted octanol–water partition coefficient (Wildman–Crippen LogP) is 3.74. The number of hydrogen-bond acceptors (Lipinski definition) is 6. The topological polar surface area (TPSA) is 59.0 Å². The van der Waals surface area contributed by atoms with Gasteiger partial charge in [0.05, 0.1) is 35.9 Å². The Balaban J connectivity index is 1.50. The van der Waals surface area contributed by atoms with Crippen LogP contribution in [-0.2, 0) is 9.84 Å². The SMILES string of the molecule is O=S1(=O)C[C@@H]2[C@@H](C1)N=C(SCCOc1ccccc1)N2c1ccc(Br)cc1F. The maximum absolute atomic E-state index is 14.6. The van der Waals surface area contributed by atoms with Crippen molar-refractivity contribution in [2.75, 3.05) is 28.8 Å². The number of halogens is 2. The number of thioether (sulfide) groups is 1. The van der Waals surface area contributed by atoms with Crippen LogP contribution in [0.3, 0.4) is 0 Å². The summed E-state index contributed by atoms with van der Waals surface area (Å²) in [6.45, 7) is 0.470. The molecule has 2 aromatic rings. The van der Waals surface area contributed by atoms with E-state index in [-0.39, 0.29) is 23.6 Å². The van der Waals surface area contributed by atoms with Crippen LogP contribution in [-0.4, -0.2) is 49.5 Å². The van der Waals surface area contributed by atoms with Gasteiger partial charge in [-0.05, 0) is 30.3 Å². The van der Waals surface area contributed by atoms with Crippen molar-refractivity contribution in [3.63, 3.8) is 0 Å². The summed E-state index contributed by atoms with van der Waals surface area (Å²) in [5.41, 5.74) is 0.350. The smallest absolute Gasteiger partial charge is 0.164 e. The average Bonchev–Trinajstić information content (AvgIpc) is 3.11. The summed E-state index contributed by atoms with van der Waals surface area (Å²) in [6, 6.07) is 13.6. The number of anilines is 1. The number of rotatable bonds is 5. The maximum atomic E-state index is 14.6. The molecule has 2 aromatic carbocycles. The van der Waals surface area contributed by atoms with Crippen LogP contribution in [0.1, 0.15) is 0 Å². The third-order valence-electron chi connectivity index (χ3n) is 4.60. The summed E-state index contributed by atoms with van der Waals surface area (Å²) in [6.07, 6.45) is 0. The third kappa shape index (κ3) is 4.21. The van der Waals surface area contributed by atoms with Crippen LogP contribution >= 0.6 is 27.7 Å². The number of benzene rings is 2. The van der Waals surface area contributed by atoms with E-state index in [0.29, 0.717) is 27.7 Å². The zero-order chi connectivity index (χ0) is 19.7. The van der Waals surface area contributed by atoms with Gasteiger partial charge in [0.2, 0.25) is 0 Å². The van der Waals surface area contributed by atoms with Crippen LogP contribution in [0.5, 0.6) is 5.75 Å². The highest BCUT2D eigenvalue weighted by atomic mass is 79.9. The number of sulfone groups is 1. The lowest BCUT2D eigenvalue weighted by Gasteiger charge is -2.27. The quantitative estimate of drug-likeness (QED) is 0.604. The van der Waals surface area contributed by atoms with Crippen molar-refractivity contribution >= 4 is 48.4 Å². The van der Waals surface area contributed by atoms with E-state index in [1.807, 2.05) is 30.3 Å². The van der Waals surface area contributed by atoms with Gasteiger partial charge in [0, 0.05) is 10.2 Å². The number of hydrogen-bond donors (Lipinski definition) is 0. The molecule has 0 bridgehead atoms. The Morgan fingerprint density at radius 1 is 1.21 bits per heavy atom. The first-order valence-corrected chi connectivity index (χ1v) is 12.4. The molecule has 0 N–H and O–H groups in total. The van der Waals surface area contributed by atoms with Crippen LogP contribution in [0.2, 0.25) is 0 Å². The van der Waals surface area contributed by atoms with Crippen molar-refractivity contribution in [2.45, 2.75) is 12.1 Å². The molecule has 4 rings (SSSR count). The van der Waals surface area contributed by atoms with E-state index in [9.17, 15) is 12.8 Å². The van der Waals surface area contributed by atoms with Gasteiger partial charge in [0.25, 0.3) is 0 Å². The second kappa shape index (κ2) is 8.04. The molecule has 2 aliphatic heterocycles. The van der Waals surface area contributed by atoms with E-state index in [1.54, 1.807) is 17.0 Å². The minimum absolute atomic E-state index is 0.0108. The molecule has 0 unspecified atom stereocenters. The van der Waals surface area contributed by atoms with Crippen molar-refractivity contribution in [3.05, 3.63) is 58.8 Å². The minimum atomic E-state index is -3.17. The highest BCUT2D eigenvalue weighted by molar-refractivity contribution is 9.10. The van der Waals surface area contributed by atoms with E-state index in [1.165, 1.54) is 17.8 Å². The van der Waals surface area contributed by atoms with E-state index in [0.717, 1.165) is 5.75 Å². The largest absolute Gasteiger partial charge is 0.493 e. The molecule has 148 valence electrons. The minimum Gasteiger partial charge on any atom is -0.493 e. The Morgan fingerprint density at radius 2 is 2.00 bits per heavy atom. The van der Waals surface area contributed by atoms with Gasteiger partial charge in [-0.25, -0.2) is 12.8 Å². The maximum Gasteiger partial charge on any atom is 0.164 e. The number of aliphatic imine (C=N–C) groups is 1. The third-order valence-corrected chi connectivity index (χ3v) is 7.73. The first-order valence-electron chi connectivity index (χ1n) is 8.76. The Morgan fingerprint density at radius 3 is 2.75 bits per heavy atom. The van der Waals surface area contributed by atoms with Crippen LogP contribution in [0.15, 0.2) is 58.0 Å². The zero-order valence-electron chi connectivity index (χ0n) is 14.8. The van der Waals surface area contributed by atoms with Gasteiger partial charge in [0.1, 0.15) is 11.6 Å². The van der Waals surface area contributed by atoms with Crippen LogP contribution in [0.4, 0.5) is 10.1 Å². The monoisotopic (exact) mass is 484 g/mol. The normalized spacial score (nSPS) is 22.8. The standard InChI is InChI=1S/C19H18BrFN2O3S2/c20-13-6-7-17(15(21)10-13)23-18-12-28(24,25)11-16(18)22-19(23)27-9-8-26-14-4-2-1-3-5-14/h1-7,10,16,18H,8-9,11-12H2/t16-,18-/m1/s1. The van der Waals surface area contributed by atoms with Gasteiger partial charge in [-0.15, -0.1) is 0 Å². The first-order chi connectivity index (χ1) is 13.4. The first kappa shape index (κ1) is 19.7. The summed E-state index contributed by atoms with van der Waals surface area (Å²) < 4.78 is 45.1. The van der Waals surface area contributed by atoms with Gasteiger partial charge in [0.15, 0.2) is 15.0 Å². The van der Waals surface area contributed by atoms with Gasteiger partial charge in [-0.1, -0.05) is 45.9 Å². The molecule has 0 amide bonds. The summed E-state index contributed by atoms with van der Waals surface area (Å²) in [4.78, 5) is 6.34. The van der Waals surface area contributed by atoms with Crippen LogP contribution in [0.25, 0.3) is 0 Å². The van der Waals surface area contributed by atoms with Gasteiger partial charge >= 0.3 is 0 Å². The second-order valence-corrected chi connectivity index (χ2v) is 10.7. The number of para-hydroxylation sites is 1. The number of amidine groups is 1. The Bertz CT molecular complexity index is 1000. The lowest BCUT2D eigenvalue weighted by atomic mass is 10.1. The Hall–Kier alpha value is -1.58. The summed E-state index contributed by atoms with van der Waals surface area (Å²) >= 11 is 4.72. The molecule has 0 aliphatic carbocycles. The van der Waals surface area contributed by atoms with E-state index < -0.39 is 15.7 Å². The molecule has 2 atom stereocenters. The predicted molar refractivity (Wildman–Crippen MR) is 115 cm³/mol. The van der Waals surface area contributed by atoms with Crippen molar-refractivity contribution in [1.29, 1.82) is 0 Å². The van der Waals surface area contributed by atoms with Crippen molar-refractivity contribution in [1.82, 2.24) is 0 Å². The highest BCUT2D eigenvalue weighted by Crippen LogP contribution is 2.37. The van der Waals surface area contributed by atoms with E-state index in [4.69, 9.17) is 4.74 Å². The molecule has 2 aliphatic rings. The van der Waals surface area contributed by atoms with Gasteiger partial charge < -0.3 is 9.64 Å². The molecule has 0 saturated carbocycles. The average molecular weight is 485 g/mol. The molecule has 1 saturated heterocycles. The molecule has 28 heavy (non-hydrogen) atoms. The zero-order valence-corrected chi connectivity index (χ0v) is 18.0. The van der Waals surface area contributed by atoms with Crippen molar-refractivity contribution in [3.8, 4) is 5.75 Å². The lowest BCUT2D eigenvalue weighted by Crippen LogP contribution is -2.39. The van der Waals surface area contributed by atoms with Gasteiger partial charge in [-0.3, -0.25) is 4.99 Å². The number of nitrogens with zero attached hydrogens (tertiary/aromatic N) is 2. The van der Waals surface area contributed by atoms with Crippen molar-refractivity contribution in [2.24, 2.45) is 4.99 Å². The number of ether oxygens (including phenoxy) is 1. The molecular formula is C19H18BrFN2O3S2. The molecule has 2 heterocycles. The summed E-state index contributed by atoms with van der Waals surface area (Å²) in [7, 11) is -3.17. The molecule has 5 nitrogen and oxygen atoms in total. The molecule has 9 heteroatoms. The van der Waals surface area contributed by atoms with Gasteiger partial charge in [-0.2, -0.15) is 0 Å². The summed E-state index contributed by atoms with van der Waals surface area (Å²) in [5.74, 6) is 0.996. The lowest BCUT2D eigenvalue weighted by molar-refractivity contribution is 0.344. The molecule has 1 fully saturated rings. The van der Waals surface area contributed by atoms with E-state index in [2.05, 4.69) is 20.9 Å². The van der Waals surface area contributed by atoms with Crippen molar-refractivity contribution < 1.29 is 17.5 Å². The second-order valence-electron chi connectivity index (χ2n) is 6.60. The fourth-order valence-electron chi connectivity index (χ4n) is 3.40. The Kier molecular flexibility index (Phi) is 5.66. The molecule has 0 radical (unpaired) electrons. The molecule has 0 aromatic heterocycles. The highest BCUT2D eigenvalue weighted by Gasteiger charge is 2.47. The van der Waals surface area contributed by atoms with Crippen LogP contribution < -0.4 is 9.64 Å². The van der Waals surface area contributed by atoms with Crippen LogP contribution in [0, 0.1) is 5.82 Å². The van der Waals surface area contributed by atoms with E-state index >= 15 is 0 Å². The number of fused-ring (bicyclic) bond motifs is 1. The summed E-state index contributed by atoms with van der Waals surface area (Å²) in [5, 5.41) is 0.641. The molecule has 0 spiro atoms.